The maximum atomic E-state index is 12.3. The summed E-state index contributed by atoms with van der Waals surface area (Å²) < 4.78 is 64.5. The first kappa shape index (κ1) is 19.0. The van der Waals surface area contributed by atoms with Gasteiger partial charge in [0.1, 0.15) is 5.75 Å². The Bertz CT molecular complexity index is 975. The molecule has 2 aromatic rings. The van der Waals surface area contributed by atoms with Gasteiger partial charge in [-0.05, 0) is 48.4 Å². The van der Waals surface area contributed by atoms with Crippen LogP contribution in [0.1, 0.15) is 15.9 Å². The van der Waals surface area contributed by atoms with E-state index in [1.807, 2.05) is 0 Å². The Morgan fingerprint density at radius 2 is 1.81 bits per heavy atom. The van der Waals surface area contributed by atoms with Gasteiger partial charge >= 0.3 is 6.36 Å². The second kappa shape index (κ2) is 6.74. The average Bonchev–Trinajstić information content (AvgIpc) is 2.97. The minimum Gasteiger partial charge on any atom is -0.406 e. The number of anilines is 2. The SMILES string of the molecule is NS(=O)(=O)N1CCc2ccc(NC(=O)c3ccc(OC(F)(F)F)cc3)cc21. The number of ether oxygens (including phenoxy) is 1. The molecule has 1 aliphatic rings. The number of rotatable bonds is 4. The molecule has 7 nitrogen and oxygen atoms in total. The van der Waals surface area contributed by atoms with Crippen molar-refractivity contribution >= 4 is 27.5 Å². The molecule has 0 saturated heterocycles. The second-order valence-corrected chi connectivity index (χ2v) is 7.21. The number of amides is 1. The lowest BCUT2D eigenvalue weighted by Crippen LogP contribution is -2.35. The first-order chi connectivity index (χ1) is 12.5. The average molecular weight is 401 g/mol. The zero-order valence-corrected chi connectivity index (χ0v) is 14.5. The normalized spacial score (nSPS) is 14.0. The van der Waals surface area contributed by atoms with Crippen LogP contribution < -0.4 is 19.5 Å². The number of hydrogen-bond donors (Lipinski definition) is 2. The Hall–Kier alpha value is -2.79. The van der Waals surface area contributed by atoms with E-state index >= 15 is 0 Å². The molecule has 1 heterocycles. The van der Waals surface area contributed by atoms with Gasteiger partial charge in [-0.2, -0.15) is 8.42 Å². The highest BCUT2D eigenvalue weighted by Crippen LogP contribution is 2.32. The summed E-state index contributed by atoms with van der Waals surface area (Å²) in [6.07, 6.45) is -4.32. The van der Waals surface area contributed by atoms with Gasteiger partial charge in [-0.25, -0.2) is 5.14 Å². The molecule has 0 radical (unpaired) electrons. The number of carbonyl (C=O) groups is 1. The van der Waals surface area contributed by atoms with Crippen molar-refractivity contribution < 1.29 is 31.1 Å². The van der Waals surface area contributed by atoms with E-state index in [2.05, 4.69) is 10.1 Å². The van der Waals surface area contributed by atoms with E-state index in [9.17, 15) is 26.4 Å². The van der Waals surface area contributed by atoms with E-state index in [1.165, 1.54) is 18.2 Å². The standard InChI is InChI=1S/C16H14F3N3O4S/c17-16(18,19)26-13-5-2-11(3-6-13)15(23)21-12-4-1-10-7-8-22(14(10)9-12)27(20,24)25/h1-6,9H,7-8H2,(H,21,23)(H2,20,24,25). The predicted octanol–water partition coefficient (Wildman–Crippen LogP) is 2.40. The van der Waals surface area contributed by atoms with Crippen LogP contribution in [0.5, 0.6) is 5.75 Å². The van der Waals surface area contributed by atoms with E-state index in [0.717, 1.165) is 22.0 Å². The molecule has 0 fully saturated rings. The Kier molecular flexibility index (Phi) is 4.74. The lowest BCUT2D eigenvalue weighted by molar-refractivity contribution is -0.274. The number of carbonyl (C=O) groups excluding carboxylic acids is 1. The third kappa shape index (κ3) is 4.49. The van der Waals surface area contributed by atoms with Crippen molar-refractivity contribution in [1.29, 1.82) is 0 Å². The number of fused-ring (bicyclic) bond motifs is 1. The molecule has 0 aromatic heterocycles. The highest BCUT2D eigenvalue weighted by Gasteiger charge is 2.31. The fourth-order valence-electron chi connectivity index (χ4n) is 2.70. The Morgan fingerprint density at radius 3 is 2.41 bits per heavy atom. The van der Waals surface area contributed by atoms with E-state index in [1.54, 1.807) is 12.1 Å². The van der Waals surface area contributed by atoms with Gasteiger partial charge in [-0.1, -0.05) is 6.07 Å². The van der Waals surface area contributed by atoms with Crippen molar-refractivity contribution in [3.63, 3.8) is 0 Å². The minimum absolute atomic E-state index is 0.105. The molecule has 1 aliphatic heterocycles. The Morgan fingerprint density at radius 1 is 1.15 bits per heavy atom. The van der Waals surface area contributed by atoms with E-state index < -0.39 is 28.2 Å². The summed E-state index contributed by atoms with van der Waals surface area (Å²) in [6, 6.07) is 9.16. The van der Waals surface area contributed by atoms with Gasteiger partial charge in [0.25, 0.3) is 16.1 Å². The molecule has 2 aromatic carbocycles. The van der Waals surface area contributed by atoms with Crippen LogP contribution in [0.25, 0.3) is 0 Å². The summed E-state index contributed by atoms with van der Waals surface area (Å²) in [6.45, 7) is 0.215. The molecule has 0 saturated carbocycles. The highest BCUT2D eigenvalue weighted by molar-refractivity contribution is 7.90. The van der Waals surface area contributed by atoms with Crippen LogP contribution in [0.2, 0.25) is 0 Å². The largest absolute Gasteiger partial charge is 0.573 e. The smallest absolute Gasteiger partial charge is 0.406 e. The molecule has 11 heteroatoms. The van der Waals surface area contributed by atoms with Gasteiger partial charge in [0.2, 0.25) is 0 Å². The number of nitrogens with one attached hydrogen (secondary N) is 1. The van der Waals surface area contributed by atoms with Gasteiger partial charge in [-0.3, -0.25) is 9.10 Å². The first-order valence-electron chi connectivity index (χ1n) is 7.63. The summed E-state index contributed by atoms with van der Waals surface area (Å²) in [5.74, 6) is -1.02. The van der Waals surface area contributed by atoms with Crippen LogP contribution in [-0.4, -0.2) is 27.2 Å². The van der Waals surface area contributed by atoms with Gasteiger partial charge in [0, 0.05) is 17.8 Å². The maximum Gasteiger partial charge on any atom is 0.573 e. The third-order valence-corrected chi connectivity index (χ3v) is 4.85. The number of hydrogen-bond acceptors (Lipinski definition) is 4. The summed E-state index contributed by atoms with van der Waals surface area (Å²) >= 11 is 0. The van der Waals surface area contributed by atoms with Crippen molar-refractivity contribution in [2.75, 3.05) is 16.2 Å². The van der Waals surface area contributed by atoms with Crippen LogP contribution >= 0.6 is 0 Å². The molecule has 3 N–H and O–H groups in total. The zero-order chi connectivity index (χ0) is 19.8. The second-order valence-electron chi connectivity index (χ2n) is 5.74. The lowest BCUT2D eigenvalue weighted by atomic mass is 10.1. The van der Waals surface area contributed by atoms with Crippen molar-refractivity contribution in [2.24, 2.45) is 5.14 Å². The number of alkyl halides is 3. The molecule has 1 amide bonds. The van der Waals surface area contributed by atoms with E-state index in [4.69, 9.17) is 5.14 Å². The molecule has 144 valence electrons. The van der Waals surface area contributed by atoms with Crippen LogP contribution in [0.15, 0.2) is 42.5 Å². The molecular formula is C16H14F3N3O4S. The molecule has 3 rings (SSSR count). The van der Waals surface area contributed by atoms with Crippen LogP contribution in [-0.2, 0) is 16.6 Å². The summed E-state index contributed by atoms with van der Waals surface area (Å²) in [5, 5.41) is 7.74. The zero-order valence-electron chi connectivity index (χ0n) is 13.7. The molecule has 27 heavy (non-hydrogen) atoms. The van der Waals surface area contributed by atoms with Crippen molar-refractivity contribution in [2.45, 2.75) is 12.8 Å². The fourth-order valence-corrected chi connectivity index (χ4v) is 3.49. The lowest BCUT2D eigenvalue weighted by Gasteiger charge is -2.16. The molecule has 0 atom stereocenters. The third-order valence-electron chi connectivity index (χ3n) is 3.85. The first-order valence-corrected chi connectivity index (χ1v) is 9.14. The monoisotopic (exact) mass is 401 g/mol. The van der Waals surface area contributed by atoms with E-state index in [-0.39, 0.29) is 12.1 Å². The number of nitrogens with zero attached hydrogens (tertiary/aromatic N) is 1. The van der Waals surface area contributed by atoms with Gasteiger partial charge in [0.05, 0.1) is 5.69 Å². The fraction of sp³-hybridized carbons (Fsp3) is 0.188. The molecule has 0 aliphatic carbocycles. The molecule has 0 unspecified atom stereocenters. The number of nitrogens with two attached hydrogens (primary N) is 1. The molecule has 0 bridgehead atoms. The molecular weight excluding hydrogens is 387 g/mol. The van der Waals surface area contributed by atoms with Gasteiger partial charge in [0.15, 0.2) is 0 Å². The van der Waals surface area contributed by atoms with Crippen LogP contribution in [0.3, 0.4) is 0 Å². The predicted molar refractivity (Wildman–Crippen MR) is 91.7 cm³/mol. The summed E-state index contributed by atoms with van der Waals surface area (Å²) in [7, 11) is -3.92. The topological polar surface area (TPSA) is 102 Å². The number of halogens is 3. The quantitative estimate of drug-likeness (QED) is 0.821. The summed E-state index contributed by atoms with van der Waals surface area (Å²) in [5.41, 5.74) is 1.58. The van der Waals surface area contributed by atoms with Gasteiger partial charge < -0.3 is 10.1 Å². The van der Waals surface area contributed by atoms with Gasteiger partial charge in [-0.15, -0.1) is 13.2 Å². The van der Waals surface area contributed by atoms with Crippen LogP contribution in [0.4, 0.5) is 24.5 Å². The maximum absolute atomic E-state index is 12.3. The van der Waals surface area contributed by atoms with Crippen molar-refractivity contribution in [3.8, 4) is 5.75 Å². The minimum atomic E-state index is -4.82. The Balaban J connectivity index is 1.75. The Labute approximate surface area is 152 Å². The summed E-state index contributed by atoms with van der Waals surface area (Å²) in [4.78, 5) is 12.3. The molecule has 0 spiro atoms. The highest BCUT2D eigenvalue weighted by atomic mass is 32.2. The number of benzene rings is 2. The van der Waals surface area contributed by atoms with Crippen molar-refractivity contribution in [1.82, 2.24) is 0 Å². The van der Waals surface area contributed by atoms with E-state index in [0.29, 0.717) is 17.8 Å². The van der Waals surface area contributed by atoms with Crippen LogP contribution in [0, 0.1) is 0 Å². The van der Waals surface area contributed by atoms with Crippen molar-refractivity contribution in [3.05, 3.63) is 53.6 Å².